The summed E-state index contributed by atoms with van der Waals surface area (Å²) in [6, 6.07) is 5.65. The average molecular weight is 261 g/mol. The monoisotopic (exact) mass is 261 g/mol. The smallest absolute Gasteiger partial charge is 0.261 e. The Hall–Kier alpha value is -0.590. The third-order valence-electron chi connectivity index (χ3n) is 1.77. The predicted molar refractivity (Wildman–Crippen MR) is 65.6 cm³/mol. The largest absolute Gasteiger partial charge is 0.278 e. The van der Waals surface area contributed by atoms with Crippen LogP contribution in [0.1, 0.15) is 19.0 Å². The molecule has 0 aromatic carbocycles. The number of aryl methyl sites for hydroxylation is 1. The molecule has 0 radical (unpaired) electrons. The summed E-state index contributed by atoms with van der Waals surface area (Å²) in [7, 11) is -3.34. The lowest BCUT2D eigenvalue weighted by Crippen LogP contribution is -2.06. The highest BCUT2D eigenvalue weighted by atomic mass is 32.3. The van der Waals surface area contributed by atoms with E-state index in [-0.39, 0.29) is 5.75 Å². The summed E-state index contributed by atoms with van der Waals surface area (Å²) in [5.74, 6) is 0.656. The summed E-state index contributed by atoms with van der Waals surface area (Å²) < 4.78 is 27.1. The molecule has 0 aliphatic carbocycles. The van der Waals surface area contributed by atoms with Crippen LogP contribution in [0.2, 0.25) is 0 Å². The van der Waals surface area contributed by atoms with Crippen molar-refractivity contribution in [3.05, 3.63) is 30.1 Å². The van der Waals surface area contributed by atoms with Gasteiger partial charge in [-0.2, -0.15) is 12.0 Å². The van der Waals surface area contributed by atoms with Gasteiger partial charge in [0.25, 0.3) is 10.1 Å². The van der Waals surface area contributed by atoms with Crippen LogP contribution in [-0.2, 0) is 20.2 Å². The van der Waals surface area contributed by atoms with Gasteiger partial charge < -0.3 is 0 Å². The number of rotatable bonds is 7. The van der Waals surface area contributed by atoms with Gasteiger partial charge in [-0.05, 0) is 18.6 Å². The second kappa shape index (κ2) is 6.88. The zero-order valence-electron chi connectivity index (χ0n) is 9.13. The van der Waals surface area contributed by atoms with Crippen molar-refractivity contribution < 1.29 is 12.0 Å². The van der Waals surface area contributed by atoms with Crippen molar-refractivity contribution in [2.24, 2.45) is 0 Å². The fourth-order valence-electron chi connectivity index (χ4n) is 1.08. The lowest BCUT2D eigenvalue weighted by molar-refractivity contribution is 0.517. The van der Waals surface area contributed by atoms with E-state index in [9.17, 15) is 8.42 Å². The molecule has 90 valence electrons. The average Bonchev–Trinajstić information content (AvgIpc) is 2.26. The SMILES string of the molecule is CCCS(=O)(=O)OSCCc1ccccn1. The van der Waals surface area contributed by atoms with Gasteiger partial charge in [0.05, 0.1) is 5.75 Å². The van der Waals surface area contributed by atoms with E-state index in [4.69, 9.17) is 3.63 Å². The topological polar surface area (TPSA) is 56.3 Å². The van der Waals surface area contributed by atoms with Crippen LogP contribution in [-0.4, -0.2) is 24.9 Å². The second-order valence-corrected chi connectivity index (χ2v) is 5.93. The summed E-state index contributed by atoms with van der Waals surface area (Å²) in [6.07, 6.45) is 2.99. The highest BCUT2D eigenvalue weighted by Gasteiger charge is 2.09. The normalized spacial score (nSPS) is 11.6. The Labute approximate surface area is 101 Å². The first kappa shape index (κ1) is 13.5. The van der Waals surface area contributed by atoms with Crippen LogP contribution in [0.15, 0.2) is 24.4 Å². The Balaban J connectivity index is 2.22. The maximum atomic E-state index is 11.2. The highest BCUT2D eigenvalue weighted by molar-refractivity contribution is 8.04. The van der Waals surface area contributed by atoms with Crippen molar-refractivity contribution in [2.75, 3.05) is 11.5 Å². The molecule has 0 saturated carbocycles. The van der Waals surface area contributed by atoms with Gasteiger partial charge in [-0.25, -0.2) is 0 Å². The van der Waals surface area contributed by atoms with Crippen molar-refractivity contribution in [1.29, 1.82) is 0 Å². The van der Waals surface area contributed by atoms with E-state index < -0.39 is 10.1 Å². The van der Waals surface area contributed by atoms with E-state index in [1.807, 2.05) is 18.2 Å². The second-order valence-electron chi connectivity index (χ2n) is 3.22. The Morgan fingerprint density at radius 2 is 2.25 bits per heavy atom. The number of aromatic nitrogens is 1. The molecule has 16 heavy (non-hydrogen) atoms. The maximum Gasteiger partial charge on any atom is 0.278 e. The summed E-state index contributed by atoms with van der Waals surface area (Å²) in [6.45, 7) is 1.81. The van der Waals surface area contributed by atoms with Crippen molar-refractivity contribution in [3.8, 4) is 0 Å². The van der Waals surface area contributed by atoms with Gasteiger partial charge in [0.15, 0.2) is 0 Å². The molecule has 0 amide bonds. The van der Waals surface area contributed by atoms with Crippen LogP contribution < -0.4 is 0 Å². The quantitative estimate of drug-likeness (QED) is 0.555. The minimum Gasteiger partial charge on any atom is -0.261 e. The molecular formula is C10H15NO3S2. The Bertz CT molecular complexity index is 392. The first-order valence-electron chi connectivity index (χ1n) is 5.08. The standard InChI is InChI=1S/C10H15NO3S2/c1-2-9-16(12,13)14-15-8-6-10-5-3-4-7-11-10/h3-5,7H,2,6,8-9H2,1H3. The molecule has 0 atom stereocenters. The molecule has 0 N–H and O–H groups in total. The minimum absolute atomic E-state index is 0.0730. The molecular weight excluding hydrogens is 246 g/mol. The molecule has 0 spiro atoms. The Morgan fingerprint density at radius 3 is 2.88 bits per heavy atom. The van der Waals surface area contributed by atoms with Gasteiger partial charge >= 0.3 is 0 Å². The van der Waals surface area contributed by atoms with Gasteiger partial charge in [-0.1, -0.05) is 13.0 Å². The fraction of sp³-hybridized carbons (Fsp3) is 0.500. The first-order chi connectivity index (χ1) is 7.64. The molecule has 0 saturated heterocycles. The molecule has 0 aliphatic heterocycles. The first-order valence-corrected chi connectivity index (χ1v) is 7.56. The highest BCUT2D eigenvalue weighted by Crippen LogP contribution is 2.11. The Kier molecular flexibility index (Phi) is 5.79. The summed E-state index contributed by atoms with van der Waals surface area (Å²) in [5.41, 5.74) is 0.937. The maximum absolute atomic E-state index is 11.2. The van der Waals surface area contributed by atoms with E-state index in [2.05, 4.69) is 4.98 Å². The van der Waals surface area contributed by atoms with Crippen LogP contribution in [0.3, 0.4) is 0 Å². The molecule has 0 fully saturated rings. The van der Waals surface area contributed by atoms with Crippen LogP contribution in [0, 0.1) is 0 Å². The number of hydrogen-bond acceptors (Lipinski definition) is 5. The van der Waals surface area contributed by atoms with Crippen LogP contribution in [0.25, 0.3) is 0 Å². The molecule has 0 unspecified atom stereocenters. The van der Waals surface area contributed by atoms with Crippen molar-refractivity contribution in [1.82, 2.24) is 4.98 Å². The van der Waals surface area contributed by atoms with Gasteiger partial charge in [0.1, 0.15) is 0 Å². The molecule has 6 heteroatoms. The number of pyridine rings is 1. The van der Waals surface area contributed by atoms with Crippen molar-refractivity contribution >= 4 is 22.2 Å². The van der Waals surface area contributed by atoms with E-state index >= 15 is 0 Å². The summed E-state index contributed by atoms with van der Waals surface area (Å²) in [5, 5.41) is 0. The summed E-state index contributed by atoms with van der Waals surface area (Å²) in [4.78, 5) is 4.13. The van der Waals surface area contributed by atoms with Gasteiger partial charge in [0.2, 0.25) is 0 Å². The van der Waals surface area contributed by atoms with Crippen LogP contribution in [0.5, 0.6) is 0 Å². The van der Waals surface area contributed by atoms with E-state index in [1.165, 1.54) is 0 Å². The van der Waals surface area contributed by atoms with Crippen LogP contribution in [0.4, 0.5) is 0 Å². The third kappa shape index (κ3) is 5.48. The lowest BCUT2D eigenvalue weighted by atomic mass is 10.3. The third-order valence-corrected chi connectivity index (χ3v) is 4.27. The zero-order chi connectivity index (χ0) is 11.9. The van der Waals surface area contributed by atoms with Gasteiger partial charge in [-0.3, -0.25) is 4.98 Å². The number of hydrogen-bond donors (Lipinski definition) is 0. The predicted octanol–water partition coefficient (Wildman–Crippen LogP) is 2.03. The van der Waals surface area contributed by atoms with Gasteiger partial charge in [-0.15, -0.1) is 0 Å². The van der Waals surface area contributed by atoms with E-state index in [0.29, 0.717) is 18.6 Å². The fourth-order valence-corrected chi connectivity index (χ4v) is 3.01. The van der Waals surface area contributed by atoms with Crippen molar-refractivity contribution in [3.63, 3.8) is 0 Å². The molecule has 1 aromatic rings. The molecule has 1 aromatic heterocycles. The molecule has 4 nitrogen and oxygen atoms in total. The van der Waals surface area contributed by atoms with E-state index in [1.54, 1.807) is 13.1 Å². The molecule has 1 heterocycles. The molecule has 0 aliphatic rings. The lowest BCUT2D eigenvalue weighted by Gasteiger charge is -2.02. The molecule has 1 rings (SSSR count). The number of nitrogens with zero attached hydrogens (tertiary/aromatic N) is 1. The van der Waals surface area contributed by atoms with Gasteiger partial charge in [0, 0.05) is 36.1 Å². The summed E-state index contributed by atoms with van der Waals surface area (Å²) >= 11 is 0.967. The molecule has 0 bridgehead atoms. The van der Waals surface area contributed by atoms with Crippen LogP contribution >= 0.6 is 12.0 Å². The van der Waals surface area contributed by atoms with E-state index in [0.717, 1.165) is 17.7 Å². The zero-order valence-corrected chi connectivity index (χ0v) is 10.8. The minimum atomic E-state index is -3.34. The Morgan fingerprint density at radius 1 is 1.44 bits per heavy atom. The van der Waals surface area contributed by atoms with Crippen molar-refractivity contribution in [2.45, 2.75) is 19.8 Å².